The summed E-state index contributed by atoms with van der Waals surface area (Å²) in [5.74, 6) is 0.562. The summed E-state index contributed by atoms with van der Waals surface area (Å²) in [7, 11) is 0. The monoisotopic (exact) mass is 401 g/mol. The van der Waals surface area contributed by atoms with Crippen molar-refractivity contribution in [3.8, 4) is 17.6 Å². The zero-order valence-electron chi connectivity index (χ0n) is 16.1. The van der Waals surface area contributed by atoms with Crippen molar-refractivity contribution >= 4 is 11.6 Å². The molecule has 0 fully saturated rings. The number of halogens is 1. The highest BCUT2D eigenvalue weighted by Crippen LogP contribution is 2.22. The van der Waals surface area contributed by atoms with Gasteiger partial charge in [-0.3, -0.25) is 4.79 Å². The second kappa shape index (κ2) is 10.4. The van der Waals surface area contributed by atoms with E-state index < -0.39 is 5.91 Å². The average Bonchev–Trinajstić information content (AvgIpc) is 2.77. The van der Waals surface area contributed by atoms with Crippen LogP contribution in [0.4, 0.5) is 10.1 Å². The van der Waals surface area contributed by atoms with Gasteiger partial charge in [-0.1, -0.05) is 30.3 Å². The number of benzene rings is 3. The highest BCUT2D eigenvalue weighted by atomic mass is 19.1. The fraction of sp³-hybridized carbons (Fsp3) is 0.0833. The highest BCUT2D eigenvalue weighted by molar-refractivity contribution is 6.06. The third-order valence-corrected chi connectivity index (χ3v) is 4.17. The molecule has 0 unspecified atom stereocenters. The number of anilines is 1. The molecule has 0 spiro atoms. The average molecular weight is 401 g/mol. The van der Waals surface area contributed by atoms with Gasteiger partial charge in [0.05, 0.1) is 0 Å². The summed E-state index contributed by atoms with van der Waals surface area (Å²) in [6, 6.07) is 24.3. The van der Waals surface area contributed by atoms with Gasteiger partial charge in [0.1, 0.15) is 29.0 Å². The molecule has 3 rings (SSSR count). The van der Waals surface area contributed by atoms with E-state index in [9.17, 15) is 14.4 Å². The minimum absolute atomic E-state index is 0.0429. The van der Waals surface area contributed by atoms with Crippen molar-refractivity contribution < 1.29 is 13.9 Å². The predicted octanol–water partition coefficient (Wildman–Crippen LogP) is 4.80. The van der Waals surface area contributed by atoms with Gasteiger partial charge in [-0.25, -0.2) is 4.39 Å². The molecule has 3 aromatic carbocycles. The van der Waals surface area contributed by atoms with Crippen LogP contribution in [0.15, 0.2) is 90.6 Å². The van der Waals surface area contributed by atoms with Gasteiger partial charge in [0, 0.05) is 18.4 Å². The third-order valence-electron chi connectivity index (χ3n) is 4.17. The van der Waals surface area contributed by atoms with E-state index in [4.69, 9.17) is 4.74 Å². The topological polar surface area (TPSA) is 74.2 Å². The van der Waals surface area contributed by atoms with Gasteiger partial charge in [-0.05, 0) is 60.5 Å². The highest BCUT2D eigenvalue weighted by Gasteiger charge is 2.09. The zero-order chi connectivity index (χ0) is 21.2. The van der Waals surface area contributed by atoms with Gasteiger partial charge in [-0.2, -0.15) is 5.26 Å². The van der Waals surface area contributed by atoms with Crippen molar-refractivity contribution in [3.05, 3.63) is 102 Å². The van der Waals surface area contributed by atoms with Gasteiger partial charge in [0.25, 0.3) is 5.91 Å². The zero-order valence-corrected chi connectivity index (χ0v) is 16.1. The van der Waals surface area contributed by atoms with E-state index in [-0.39, 0.29) is 11.4 Å². The molecular weight excluding hydrogens is 381 g/mol. The summed E-state index contributed by atoms with van der Waals surface area (Å²) >= 11 is 0. The van der Waals surface area contributed by atoms with E-state index >= 15 is 0 Å². The standard InChI is InChI=1S/C24H20FN3O2/c25-20-8-6-18(7-9-20)14-15-27-17-19(16-26)24(29)28-21-10-12-23(13-11-21)30-22-4-2-1-3-5-22/h1-13,17,27H,14-15H2,(H,28,29)/b19-17-. The maximum Gasteiger partial charge on any atom is 0.267 e. The quantitative estimate of drug-likeness (QED) is 0.323. The number of nitrogens with zero attached hydrogens (tertiary/aromatic N) is 1. The van der Waals surface area contributed by atoms with Crippen LogP contribution < -0.4 is 15.4 Å². The minimum Gasteiger partial charge on any atom is -0.457 e. The molecule has 0 heterocycles. The van der Waals surface area contributed by atoms with Crippen LogP contribution in [0.1, 0.15) is 5.56 Å². The fourth-order valence-corrected chi connectivity index (χ4v) is 2.62. The minimum atomic E-state index is -0.511. The summed E-state index contributed by atoms with van der Waals surface area (Å²) in [6.07, 6.45) is 2.02. The van der Waals surface area contributed by atoms with E-state index in [0.717, 1.165) is 11.3 Å². The Morgan fingerprint density at radius 2 is 1.63 bits per heavy atom. The molecule has 1 amide bonds. The van der Waals surface area contributed by atoms with Crippen LogP contribution in [0.3, 0.4) is 0 Å². The molecule has 0 saturated heterocycles. The lowest BCUT2D eigenvalue weighted by Crippen LogP contribution is -2.18. The maximum atomic E-state index is 12.9. The SMILES string of the molecule is N#C/C(=C/NCCc1ccc(F)cc1)C(=O)Nc1ccc(Oc2ccccc2)cc1. The number of amides is 1. The van der Waals surface area contributed by atoms with E-state index in [1.54, 1.807) is 36.4 Å². The number of hydrogen-bond acceptors (Lipinski definition) is 4. The molecule has 0 bridgehead atoms. The second-order valence-electron chi connectivity index (χ2n) is 6.39. The molecule has 0 saturated carbocycles. The largest absolute Gasteiger partial charge is 0.457 e. The molecule has 6 heteroatoms. The molecule has 0 aliphatic rings. The van der Waals surface area contributed by atoms with Crippen LogP contribution in [0.5, 0.6) is 11.5 Å². The fourth-order valence-electron chi connectivity index (χ4n) is 2.62. The van der Waals surface area contributed by atoms with E-state index in [0.29, 0.717) is 24.4 Å². The van der Waals surface area contributed by atoms with Gasteiger partial charge in [-0.15, -0.1) is 0 Å². The normalized spacial score (nSPS) is 10.7. The Morgan fingerprint density at radius 1 is 0.967 bits per heavy atom. The van der Waals surface area contributed by atoms with Crippen LogP contribution in [-0.2, 0) is 11.2 Å². The van der Waals surface area contributed by atoms with Gasteiger partial charge in [0.15, 0.2) is 0 Å². The number of nitrogens with one attached hydrogen (secondary N) is 2. The van der Waals surface area contributed by atoms with Crippen LogP contribution in [0, 0.1) is 17.1 Å². The van der Waals surface area contributed by atoms with Gasteiger partial charge >= 0.3 is 0 Å². The second-order valence-corrected chi connectivity index (χ2v) is 6.39. The Bertz CT molecular complexity index is 1040. The number of ether oxygens (including phenoxy) is 1. The lowest BCUT2D eigenvalue weighted by Gasteiger charge is -2.08. The molecule has 30 heavy (non-hydrogen) atoms. The Labute approximate surface area is 174 Å². The molecule has 0 aliphatic heterocycles. The smallest absolute Gasteiger partial charge is 0.267 e. The van der Waals surface area contributed by atoms with Crippen LogP contribution in [0.25, 0.3) is 0 Å². The Balaban J connectivity index is 1.50. The Morgan fingerprint density at radius 3 is 2.30 bits per heavy atom. The van der Waals surface area contributed by atoms with Gasteiger partial charge < -0.3 is 15.4 Å². The first-order chi connectivity index (χ1) is 14.6. The first kappa shape index (κ1) is 20.6. The molecule has 3 aromatic rings. The third kappa shape index (κ3) is 6.21. The lowest BCUT2D eigenvalue weighted by atomic mass is 10.1. The van der Waals surface area contributed by atoms with Crippen molar-refractivity contribution in [2.45, 2.75) is 6.42 Å². The number of para-hydroxylation sites is 1. The van der Waals surface area contributed by atoms with Crippen molar-refractivity contribution in [2.75, 3.05) is 11.9 Å². The molecule has 0 aromatic heterocycles. The summed E-state index contributed by atoms with van der Waals surface area (Å²) in [5.41, 5.74) is 1.46. The van der Waals surface area contributed by atoms with Crippen molar-refractivity contribution in [1.82, 2.24) is 5.32 Å². The predicted molar refractivity (Wildman–Crippen MR) is 113 cm³/mol. The number of carbonyl (C=O) groups is 1. The molecule has 150 valence electrons. The van der Waals surface area contributed by atoms with Crippen molar-refractivity contribution in [3.63, 3.8) is 0 Å². The first-order valence-electron chi connectivity index (χ1n) is 9.36. The first-order valence-corrected chi connectivity index (χ1v) is 9.36. The van der Waals surface area contributed by atoms with Gasteiger partial charge in [0.2, 0.25) is 0 Å². The molecule has 2 N–H and O–H groups in total. The van der Waals surface area contributed by atoms with E-state index in [2.05, 4.69) is 10.6 Å². The molecule has 0 atom stereocenters. The number of rotatable bonds is 8. The van der Waals surface area contributed by atoms with E-state index in [1.165, 1.54) is 18.3 Å². The summed E-state index contributed by atoms with van der Waals surface area (Å²) in [5, 5.41) is 14.9. The molecule has 0 aliphatic carbocycles. The lowest BCUT2D eigenvalue weighted by molar-refractivity contribution is -0.112. The number of nitriles is 1. The summed E-state index contributed by atoms with van der Waals surface area (Å²) in [6.45, 7) is 0.510. The van der Waals surface area contributed by atoms with E-state index in [1.807, 2.05) is 36.4 Å². The maximum absolute atomic E-state index is 12.9. The Hall–Kier alpha value is -4.11. The molecule has 5 nitrogen and oxygen atoms in total. The number of hydrogen-bond donors (Lipinski definition) is 2. The van der Waals surface area contributed by atoms with Crippen LogP contribution >= 0.6 is 0 Å². The molecular formula is C24H20FN3O2. The Kier molecular flexibility index (Phi) is 7.17. The van der Waals surface area contributed by atoms with Crippen LogP contribution in [-0.4, -0.2) is 12.5 Å². The summed E-state index contributed by atoms with van der Waals surface area (Å²) < 4.78 is 18.6. The molecule has 0 radical (unpaired) electrons. The van der Waals surface area contributed by atoms with Crippen molar-refractivity contribution in [2.24, 2.45) is 0 Å². The number of carbonyl (C=O) groups excluding carboxylic acids is 1. The van der Waals surface area contributed by atoms with Crippen molar-refractivity contribution in [1.29, 1.82) is 5.26 Å². The summed E-state index contributed by atoms with van der Waals surface area (Å²) in [4.78, 5) is 12.3. The van der Waals surface area contributed by atoms with Crippen LogP contribution in [0.2, 0.25) is 0 Å².